The summed E-state index contributed by atoms with van der Waals surface area (Å²) in [7, 11) is 1.47. The summed E-state index contributed by atoms with van der Waals surface area (Å²) in [5, 5.41) is 14.3. The van der Waals surface area contributed by atoms with E-state index in [2.05, 4.69) is 15.5 Å². The van der Waals surface area contributed by atoms with Crippen LogP contribution in [-0.2, 0) is 20.9 Å². The Morgan fingerprint density at radius 3 is 2.40 bits per heavy atom. The number of urea groups is 1. The minimum Gasteiger partial charge on any atom is -0.493 e. The number of nitrogens with zero attached hydrogens (tertiary/aromatic N) is 2. The van der Waals surface area contributed by atoms with Crippen molar-refractivity contribution in [1.29, 1.82) is 0 Å². The maximum Gasteiger partial charge on any atom is 0.335 e. The summed E-state index contributed by atoms with van der Waals surface area (Å²) in [5.41, 5.74) is 3.10. The van der Waals surface area contributed by atoms with E-state index in [1.165, 1.54) is 25.3 Å². The van der Waals surface area contributed by atoms with Crippen molar-refractivity contribution in [3.63, 3.8) is 0 Å². The summed E-state index contributed by atoms with van der Waals surface area (Å²) in [6, 6.07) is 18.0. The number of carboxylic acids is 1. The highest BCUT2D eigenvalue weighted by atomic mass is 16.5. The topological polar surface area (TPSA) is 147 Å². The summed E-state index contributed by atoms with van der Waals surface area (Å²) in [4.78, 5) is 52.2. The van der Waals surface area contributed by atoms with Crippen LogP contribution in [0.4, 0.5) is 16.2 Å². The van der Waals surface area contributed by atoms with Crippen molar-refractivity contribution in [3.05, 3.63) is 89.1 Å². The molecule has 2 heterocycles. The maximum atomic E-state index is 13.0. The van der Waals surface area contributed by atoms with Crippen LogP contribution in [0.25, 0.3) is 6.08 Å². The molecule has 0 spiro atoms. The van der Waals surface area contributed by atoms with Gasteiger partial charge in [-0.1, -0.05) is 18.2 Å². The lowest BCUT2D eigenvalue weighted by atomic mass is 10.1. The highest BCUT2D eigenvalue weighted by molar-refractivity contribution is 6.16. The van der Waals surface area contributed by atoms with Crippen molar-refractivity contribution in [2.24, 2.45) is 0 Å². The van der Waals surface area contributed by atoms with Gasteiger partial charge in [-0.25, -0.2) is 14.5 Å². The van der Waals surface area contributed by atoms with Gasteiger partial charge in [0.1, 0.15) is 18.8 Å². The second kappa shape index (κ2) is 13.1. The van der Waals surface area contributed by atoms with Gasteiger partial charge in [-0.05, 0) is 65.7 Å². The normalized spacial score (nSPS) is 15.8. The first kappa shape index (κ1) is 29.1. The van der Waals surface area contributed by atoms with E-state index in [1.807, 2.05) is 12.1 Å². The number of morpholine rings is 1. The number of nitrogens with one attached hydrogen (secondary N) is 2. The van der Waals surface area contributed by atoms with E-state index in [0.717, 1.165) is 29.2 Å². The molecule has 2 aliphatic rings. The Bertz CT molecular complexity index is 1550. The largest absolute Gasteiger partial charge is 0.493 e. The van der Waals surface area contributed by atoms with E-state index in [4.69, 9.17) is 19.3 Å². The zero-order valence-electron chi connectivity index (χ0n) is 23.4. The third-order valence-electron chi connectivity index (χ3n) is 6.89. The van der Waals surface area contributed by atoms with Crippen LogP contribution in [0.1, 0.15) is 21.5 Å². The van der Waals surface area contributed by atoms with E-state index in [9.17, 15) is 19.2 Å². The predicted octanol–water partition coefficient (Wildman–Crippen LogP) is 3.34. The van der Waals surface area contributed by atoms with Gasteiger partial charge < -0.3 is 34.9 Å². The molecule has 3 N–H and O–H groups in total. The molecule has 12 heteroatoms. The zero-order chi connectivity index (χ0) is 30.3. The number of hydrogen-bond acceptors (Lipinski definition) is 8. The predicted molar refractivity (Wildman–Crippen MR) is 157 cm³/mol. The molecule has 3 aromatic rings. The molecule has 5 rings (SSSR count). The Labute approximate surface area is 247 Å². The van der Waals surface area contributed by atoms with Crippen molar-refractivity contribution in [3.8, 4) is 11.5 Å². The van der Waals surface area contributed by atoms with Gasteiger partial charge in [0, 0.05) is 24.5 Å². The molecule has 222 valence electrons. The summed E-state index contributed by atoms with van der Waals surface area (Å²) in [6.07, 6.45) is 1.49. The number of carboxylic acid groups (broad SMARTS) is 1. The number of rotatable bonds is 10. The minimum atomic E-state index is -1.01. The van der Waals surface area contributed by atoms with Crippen molar-refractivity contribution < 1.29 is 38.5 Å². The van der Waals surface area contributed by atoms with Crippen LogP contribution >= 0.6 is 0 Å². The van der Waals surface area contributed by atoms with Crippen LogP contribution in [0.2, 0.25) is 0 Å². The lowest BCUT2D eigenvalue weighted by molar-refractivity contribution is -0.127. The molecule has 12 nitrogen and oxygen atoms in total. The number of anilines is 2. The molecule has 0 aliphatic carbocycles. The van der Waals surface area contributed by atoms with Gasteiger partial charge in [0.25, 0.3) is 5.91 Å². The molecule has 2 fully saturated rings. The van der Waals surface area contributed by atoms with Gasteiger partial charge in [-0.15, -0.1) is 0 Å². The van der Waals surface area contributed by atoms with E-state index < -0.39 is 30.4 Å². The molecule has 0 atom stereocenters. The lowest BCUT2D eigenvalue weighted by Crippen LogP contribution is -2.38. The average molecular weight is 587 g/mol. The number of imide groups is 1. The fraction of sp³-hybridized carbons (Fsp3) is 0.226. The zero-order valence-corrected chi connectivity index (χ0v) is 23.4. The second-order valence-electron chi connectivity index (χ2n) is 9.77. The fourth-order valence-corrected chi connectivity index (χ4v) is 4.60. The molecule has 2 aliphatic heterocycles. The van der Waals surface area contributed by atoms with Crippen molar-refractivity contribution in [2.45, 2.75) is 6.61 Å². The molecule has 2 saturated heterocycles. The third kappa shape index (κ3) is 7.11. The molecule has 0 unspecified atom stereocenters. The average Bonchev–Trinajstić information content (AvgIpc) is 3.28. The third-order valence-corrected chi connectivity index (χ3v) is 6.89. The number of aromatic carboxylic acids is 1. The van der Waals surface area contributed by atoms with Gasteiger partial charge in [0.2, 0.25) is 5.91 Å². The van der Waals surface area contributed by atoms with E-state index in [0.29, 0.717) is 36.0 Å². The molecule has 0 aromatic heterocycles. The number of carbonyl (C=O) groups is 4. The molecule has 0 radical (unpaired) electrons. The molecule has 0 bridgehead atoms. The van der Waals surface area contributed by atoms with Crippen LogP contribution in [0, 0.1) is 0 Å². The van der Waals surface area contributed by atoms with Crippen molar-refractivity contribution in [1.82, 2.24) is 10.2 Å². The van der Waals surface area contributed by atoms with Crippen LogP contribution in [0.5, 0.6) is 11.5 Å². The highest BCUT2D eigenvalue weighted by Crippen LogP contribution is 2.30. The molecule has 0 saturated carbocycles. The number of carbonyl (C=O) groups excluding carboxylic acids is 3. The van der Waals surface area contributed by atoms with Crippen LogP contribution in [0.3, 0.4) is 0 Å². The summed E-state index contributed by atoms with van der Waals surface area (Å²) in [6.45, 7) is 2.66. The number of hydrogen-bond donors (Lipinski definition) is 3. The van der Waals surface area contributed by atoms with Crippen LogP contribution in [-0.4, -0.2) is 73.8 Å². The van der Waals surface area contributed by atoms with Crippen LogP contribution < -0.4 is 25.0 Å². The lowest BCUT2D eigenvalue weighted by Gasteiger charge is -2.28. The number of benzene rings is 3. The molecule has 3 aromatic carbocycles. The van der Waals surface area contributed by atoms with E-state index in [-0.39, 0.29) is 17.9 Å². The first-order valence-corrected chi connectivity index (χ1v) is 13.5. The Morgan fingerprint density at radius 2 is 1.72 bits per heavy atom. The van der Waals surface area contributed by atoms with Crippen molar-refractivity contribution in [2.75, 3.05) is 50.2 Å². The first-order chi connectivity index (χ1) is 20.8. The first-order valence-electron chi connectivity index (χ1n) is 13.5. The number of amides is 4. The summed E-state index contributed by atoms with van der Waals surface area (Å²) in [5.74, 6) is -1.32. The monoisotopic (exact) mass is 586 g/mol. The van der Waals surface area contributed by atoms with Gasteiger partial charge >= 0.3 is 12.0 Å². The van der Waals surface area contributed by atoms with Crippen molar-refractivity contribution >= 4 is 41.3 Å². The van der Waals surface area contributed by atoms with Crippen LogP contribution in [0.15, 0.2) is 72.4 Å². The standard InChI is InChI=1S/C31H30N4O8/c1-41-27-17-21(4-11-26(27)43-19-20-2-5-22(6-3-20)30(38)39)16-25-29(37)35(31(40)33-25)18-28(36)32-23-7-9-24(10-8-23)34-12-14-42-15-13-34/h2-11,16-17H,12-15,18-19H2,1H3,(H,32,36)(H,33,40)(H,38,39)/b25-16-. The second-order valence-corrected chi connectivity index (χ2v) is 9.77. The van der Waals surface area contributed by atoms with Gasteiger partial charge in [-0.3, -0.25) is 9.59 Å². The van der Waals surface area contributed by atoms with Gasteiger partial charge in [0.15, 0.2) is 11.5 Å². The molecule has 43 heavy (non-hydrogen) atoms. The van der Waals surface area contributed by atoms with Gasteiger partial charge in [-0.2, -0.15) is 0 Å². The molecular formula is C31H30N4O8. The smallest absolute Gasteiger partial charge is 0.335 e. The van der Waals surface area contributed by atoms with Gasteiger partial charge in [0.05, 0.1) is 25.9 Å². The Balaban J connectivity index is 1.18. The summed E-state index contributed by atoms with van der Waals surface area (Å²) >= 11 is 0. The Morgan fingerprint density at radius 1 is 1.00 bits per heavy atom. The Hall–Kier alpha value is -5.36. The quantitative estimate of drug-likeness (QED) is 0.240. The summed E-state index contributed by atoms with van der Waals surface area (Å²) < 4.78 is 16.6. The Kier molecular flexibility index (Phi) is 8.87. The minimum absolute atomic E-state index is 0.0157. The molecule has 4 amide bonds. The number of ether oxygens (including phenoxy) is 3. The number of methoxy groups -OCH3 is 1. The fourth-order valence-electron chi connectivity index (χ4n) is 4.60. The SMILES string of the molecule is COc1cc(/C=C2\NC(=O)N(CC(=O)Nc3ccc(N4CCOCC4)cc3)C2=O)ccc1OCc1ccc(C(=O)O)cc1. The maximum absolute atomic E-state index is 13.0. The molecular weight excluding hydrogens is 556 g/mol. The van der Waals surface area contributed by atoms with E-state index in [1.54, 1.807) is 42.5 Å². The highest BCUT2D eigenvalue weighted by Gasteiger charge is 2.35. The van der Waals surface area contributed by atoms with E-state index >= 15 is 0 Å².